The molecule has 4 rings (SSSR count). The fourth-order valence-electron chi connectivity index (χ4n) is 3.89. The van der Waals surface area contributed by atoms with Crippen LogP contribution in [0.25, 0.3) is 0 Å². The Morgan fingerprint density at radius 3 is 2.48 bits per heavy atom. The Morgan fingerprint density at radius 1 is 1.23 bits per heavy atom. The molecule has 0 saturated carbocycles. The number of nitrogens with zero attached hydrogens (tertiary/aromatic N) is 2. The van der Waals surface area contributed by atoms with Crippen molar-refractivity contribution in [1.29, 1.82) is 0 Å². The number of Topliss-reactive ketones (excluding diaryl/α,β-unsaturated/α-hetero) is 1. The normalized spacial score (nSPS) is 16.6. The maximum atomic E-state index is 13.5. The van der Waals surface area contributed by atoms with Gasteiger partial charge >= 0.3 is 0 Å². The number of aryl methyl sites for hydroxylation is 2. The molecule has 7 heteroatoms. The minimum atomic E-state index is -0.715. The number of aromatic nitrogens is 1. The average Bonchev–Trinajstić information content (AvgIpc) is 3.43. The molecule has 0 fully saturated rings. The Labute approximate surface area is 184 Å². The van der Waals surface area contributed by atoms with E-state index in [1.165, 1.54) is 22.5 Å². The molecule has 3 heterocycles. The van der Waals surface area contributed by atoms with E-state index in [-0.39, 0.29) is 17.9 Å². The van der Waals surface area contributed by atoms with Crippen molar-refractivity contribution in [3.05, 3.63) is 86.5 Å². The van der Waals surface area contributed by atoms with Crippen LogP contribution in [0.5, 0.6) is 0 Å². The van der Waals surface area contributed by atoms with Crippen LogP contribution in [0.15, 0.2) is 58.4 Å². The third-order valence-electron chi connectivity index (χ3n) is 5.48. The molecule has 2 aromatic heterocycles. The fraction of sp³-hybridized carbons (Fsp3) is 0.292. The molecule has 0 aliphatic carbocycles. The van der Waals surface area contributed by atoms with E-state index in [1.807, 2.05) is 31.2 Å². The van der Waals surface area contributed by atoms with E-state index in [4.69, 9.17) is 4.42 Å². The van der Waals surface area contributed by atoms with Crippen LogP contribution >= 0.6 is 11.3 Å². The van der Waals surface area contributed by atoms with E-state index in [9.17, 15) is 14.7 Å². The number of carbonyl (C=O) groups is 2. The summed E-state index contributed by atoms with van der Waals surface area (Å²) in [5.74, 6) is -0.542. The van der Waals surface area contributed by atoms with Gasteiger partial charge in [-0.3, -0.25) is 9.59 Å². The molecule has 1 N–H and O–H groups in total. The second-order valence-electron chi connectivity index (χ2n) is 7.98. The largest absolute Gasteiger partial charge is 0.503 e. The number of amides is 1. The van der Waals surface area contributed by atoms with Gasteiger partial charge in [-0.05, 0) is 43.0 Å². The molecule has 31 heavy (non-hydrogen) atoms. The molecule has 0 unspecified atom stereocenters. The van der Waals surface area contributed by atoms with Gasteiger partial charge in [0.05, 0.1) is 40.0 Å². The number of aliphatic hydroxyl groups is 1. The van der Waals surface area contributed by atoms with E-state index in [1.54, 1.807) is 19.1 Å². The molecule has 1 aliphatic heterocycles. The van der Waals surface area contributed by atoms with Gasteiger partial charge in [-0.2, -0.15) is 0 Å². The van der Waals surface area contributed by atoms with Crippen LogP contribution in [0.3, 0.4) is 0 Å². The second kappa shape index (κ2) is 8.15. The van der Waals surface area contributed by atoms with Gasteiger partial charge in [0.25, 0.3) is 5.91 Å². The highest BCUT2D eigenvalue weighted by atomic mass is 32.1. The Bertz CT molecular complexity index is 1160. The first-order chi connectivity index (χ1) is 14.8. The van der Waals surface area contributed by atoms with E-state index >= 15 is 0 Å². The number of carbonyl (C=O) groups excluding carboxylic acids is 2. The minimum Gasteiger partial charge on any atom is -0.503 e. The van der Waals surface area contributed by atoms with Crippen molar-refractivity contribution in [3.63, 3.8) is 0 Å². The summed E-state index contributed by atoms with van der Waals surface area (Å²) in [4.78, 5) is 32.8. The highest BCUT2D eigenvalue weighted by Crippen LogP contribution is 2.41. The van der Waals surface area contributed by atoms with E-state index < -0.39 is 17.7 Å². The predicted molar refractivity (Wildman–Crippen MR) is 118 cm³/mol. The molecule has 160 valence electrons. The van der Waals surface area contributed by atoms with Crippen molar-refractivity contribution in [2.45, 2.75) is 46.2 Å². The summed E-state index contributed by atoms with van der Waals surface area (Å²) < 4.78 is 5.43. The van der Waals surface area contributed by atoms with E-state index in [2.05, 4.69) is 18.8 Å². The van der Waals surface area contributed by atoms with Crippen LogP contribution < -0.4 is 0 Å². The van der Waals surface area contributed by atoms with Gasteiger partial charge in [0.1, 0.15) is 5.76 Å². The minimum absolute atomic E-state index is 0.0839. The Morgan fingerprint density at radius 2 is 1.94 bits per heavy atom. The van der Waals surface area contributed by atoms with Crippen LogP contribution in [0, 0.1) is 13.8 Å². The Balaban J connectivity index is 1.81. The van der Waals surface area contributed by atoms with Gasteiger partial charge in [0.15, 0.2) is 5.76 Å². The first kappa shape index (κ1) is 21.1. The number of benzene rings is 1. The van der Waals surface area contributed by atoms with Crippen LogP contribution in [-0.4, -0.2) is 26.7 Å². The molecule has 1 amide bonds. The maximum absolute atomic E-state index is 13.5. The van der Waals surface area contributed by atoms with Crippen molar-refractivity contribution >= 4 is 23.0 Å². The Hall–Kier alpha value is -3.19. The zero-order valence-corrected chi connectivity index (χ0v) is 18.7. The first-order valence-corrected chi connectivity index (χ1v) is 10.9. The summed E-state index contributed by atoms with van der Waals surface area (Å²) in [6.45, 7) is 7.94. The molecule has 1 aromatic carbocycles. The standard InChI is InChI=1S/C24H24N2O4S/c1-13(2)16-7-9-17(10-8-16)20-19(21(27)23-14(3)25-15(4)31-23)22(28)24(29)26(20)12-18-6-5-11-30-18/h5-11,13,20,28H,12H2,1-4H3/t20-/m1/s1. The van der Waals surface area contributed by atoms with Gasteiger partial charge in [0.2, 0.25) is 5.78 Å². The smallest absolute Gasteiger partial charge is 0.290 e. The lowest BCUT2D eigenvalue weighted by Crippen LogP contribution is -2.30. The summed E-state index contributed by atoms with van der Waals surface area (Å²) in [5, 5.41) is 11.5. The number of hydrogen-bond acceptors (Lipinski definition) is 6. The quantitative estimate of drug-likeness (QED) is 0.533. The number of aliphatic hydroxyl groups excluding tert-OH is 1. The molecular weight excluding hydrogens is 412 g/mol. The third-order valence-corrected chi connectivity index (χ3v) is 6.55. The molecule has 0 saturated heterocycles. The molecule has 0 radical (unpaired) electrons. The zero-order valence-electron chi connectivity index (χ0n) is 17.9. The number of ketones is 1. The second-order valence-corrected chi connectivity index (χ2v) is 9.18. The lowest BCUT2D eigenvalue weighted by Gasteiger charge is -2.26. The summed E-state index contributed by atoms with van der Waals surface area (Å²) in [7, 11) is 0. The molecule has 0 spiro atoms. The molecule has 6 nitrogen and oxygen atoms in total. The zero-order chi connectivity index (χ0) is 22.3. The van der Waals surface area contributed by atoms with Crippen molar-refractivity contribution in [3.8, 4) is 0 Å². The number of hydrogen-bond donors (Lipinski definition) is 1. The van der Waals surface area contributed by atoms with Crippen LogP contribution in [0.2, 0.25) is 0 Å². The topological polar surface area (TPSA) is 83.6 Å². The number of rotatable bonds is 6. The third kappa shape index (κ3) is 3.81. The summed E-state index contributed by atoms with van der Waals surface area (Å²) >= 11 is 1.27. The lowest BCUT2D eigenvalue weighted by atomic mass is 9.93. The van der Waals surface area contributed by atoms with Gasteiger partial charge in [-0.25, -0.2) is 4.98 Å². The van der Waals surface area contributed by atoms with E-state index in [0.717, 1.165) is 16.1 Å². The number of thiazole rings is 1. The van der Waals surface area contributed by atoms with Crippen LogP contribution in [0.1, 0.15) is 63.1 Å². The van der Waals surface area contributed by atoms with E-state index in [0.29, 0.717) is 22.2 Å². The van der Waals surface area contributed by atoms with Crippen molar-refractivity contribution in [2.24, 2.45) is 0 Å². The van der Waals surface area contributed by atoms with Crippen molar-refractivity contribution in [1.82, 2.24) is 9.88 Å². The fourth-order valence-corrected chi connectivity index (χ4v) is 4.77. The van der Waals surface area contributed by atoms with Crippen molar-refractivity contribution < 1.29 is 19.1 Å². The Kier molecular flexibility index (Phi) is 5.54. The van der Waals surface area contributed by atoms with Crippen LogP contribution in [0.4, 0.5) is 0 Å². The van der Waals surface area contributed by atoms with Gasteiger partial charge in [-0.1, -0.05) is 38.1 Å². The molecule has 0 bridgehead atoms. The maximum Gasteiger partial charge on any atom is 0.290 e. The summed E-state index contributed by atoms with van der Waals surface area (Å²) in [5.41, 5.74) is 2.59. The molecule has 1 aliphatic rings. The van der Waals surface area contributed by atoms with Gasteiger partial charge < -0.3 is 14.4 Å². The van der Waals surface area contributed by atoms with Gasteiger partial charge in [-0.15, -0.1) is 11.3 Å². The monoisotopic (exact) mass is 436 g/mol. The molecule has 1 atom stereocenters. The summed E-state index contributed by atoms with van der Waals surface area (Å²) in [6, 6.07) is 10.6. The summed E-state index contributed by atoms with van der Waals surface area (Å²) in [6.07, 6.45) is 1.53. The average molecular weight is 437 g/mol. The van der Waals surface area contributed by atoms with Gasteiger partial charge in [0, 0.05) is 0 Å². The lowest BCUT2D eigenvalue weighted by molar-refractivity contribution is -0.130. The predicted octanol–water partition coefficient (Wildman–Crippen LogP) is 5.25. The van der Waals surface area contributed by atoms with Crippen molar-refractivity contribution in [2.75, 3.05) is 0 Å². The molecule has 3 aromatic rings. The highest BCUT2D eigenvalue weighted by molar-refractivity contribution is 7.14. The van der Waals surface area contributed by atoms with Crippen LogP contribution in [-0.2, 0) is 11.3 Å². The SMILES string of the molecule is Cc1nc(C)c(C(=O)C2=C(O)C(=O)N(Cc3ccco3)[C@@H]2c2ccc(C(C)C)cc2)s1. The molecular formula is C24H24N2O4S. The highest BCUT2D eigenvalue weighted by Gasteiger charge is 2.44. The number of furan rings is 1. The first-order valence-electron chi connectivity index (χ1n) is 10.1.